The van der Waals surface area contributed by atoms with Crippen molar-refractivity contribution in [3.8, 4) is 11.5 Å². The molecule has 0 atom stereocenters. The quantitative estimate of drug-likeness (QED) is 0.772. The SMILES string of the molecule is COc1ccc(CNC(=O)c2nnc3ccc(OC)cc3n2)cc1. The van der Waals surface area contributed by atoms with E-state index in [9.17, 15) is 4.79 Å². The van der Waals surface area contributed by atoms with Crippen molar-refractivity contribution in [3.63, 3.8) is 0 Å². The summed E-state index contributed by atoms with van der Waals surface area (Å²) < 4.78 is 10.2. The number of nitrogens with one attached hydrogen (secondary N) is 1. The van der Waals surface area contributed by atoms with E-state index in [1.54, 1.807) is 32.4 Å². The van der Waals surface area contributed by atoms with Crippen LogP contribution in [0, 0.1) is 0 Å². The van der Waals surface area contributed by atoms with Crippen LogP contribution < -0.4 is 14.8 Å². The minimum Gasteiger partial charge on any atom is -0.497 e. The molecule has 0 bridgehead atoms. The van der Waals surface area contributed by atoms with Crippen LogP contribution in [-0.2, 0) is 6.54 Å². The van der Waals surface area contributed by atoms with Crippen molar-refractivity contribution < 1.29 is 14.3 Å². The van der Waals surface area contributed by atoms with E-state index in [2.05, 4.69) is 20.5 Å². The maximum Gasteiger partial charge on any atom is 0.291 e. The first-order valence-corrected chi connectivity index (χ1v) is 7.29. The number of methoxy groups -OCH3 is 2. The number of hydrogen-bond acceptors (Lipinski definition) is 6. The van der Waals surface area contributed by atoms with Crippen LogP contribution in [0.1, 0.15) is 16.2 Å². The lowest BCUT2D eigenvalue weighted by atomic mass is 10.2. The fourth-order valence-electron chi connectivity index (χ4n) is 2.14. The topological polar surface area (TPSA) is 86.2 Å². The second-order valence-electron chi connectivity index (χ2n) is 5.02. The third-order valence-corrected chi connectivity index (χ3v) is 3.48. The molecular formula is C17H16N4O3. The zero-order chi connectivity index (χ0) is 16.9. The van der Waals surface area contributed by atoms with Gasteiger partial charge >= 0.3 is 0 Å². The van der Waals surface area contributed by atoms with Crippen LogP contribution in [0.25, 0.3) is 11.0 Å². The average Bonchev–Trinajstić information content (AvgIpc) is 2.65. The Bertz CT molecular complexity index is 865. The Morgan fingerprint density at radius 1 is 0.958 bits per heavy atom. The largest absolute Gasteiger partial charge is 0.497 e. The third-order valence-electron chi connectivity index (χ3n) is 3.48. The van der Waals surface area contributed by atoms with Gasteiger partial charge in [0.2, 0.25) is 5.82 Å². The highest BCUT2D eigenvalue weighted by molar-refractivity contribution is 5.91. The smallest absolute Gasteiger partial charge is 0.291 e. The molecule has 3 rings (SSSR count). The van der Waals surface area contributed by atoms with Crippen molar-refractivity contribution in [2.45, 2.75) is 6.54 Å². The highest BCUT2D eigenvalue weighted by Crippen LogP contribution is 2.16. The van der Waals surface area contributed by atoms with Gasteiger partial charge in [-0.1, -0.05) is 12.1 Å². The lowest BCUT2D eigenvalue weighted by Gasteiger charge is -2.06. The number of fused-ring (bicyclic) bond motifs is 1. The summed E-state index contributed by atoms with van der Waals surface area (Å²) in [6, 6.07) is 12.6. The Hall–Kier alpha value is -3.22. The molecule has 1 heterocycles. The molecule has 0 aliphatic carbocycles. The Morgan fingerprint density at radius 3 is 2.38 bits per heavy atom. The molecular weight excluding hydrogens is 308 g/mol. The van der Waals surface area contributed by atoms with E-state index < -0.39 is 0 Å². The molecule has 7 heteroatoms. The number of aromatic nitrogens is 3. The molecule has 0 aliphatic heterocycles. The molecule has 24 heavy (non-hydrogen) atoms. The number of hydrogen-bond donors (Lipinski definition) is 1. The molecule has 2 aromatic carbocycles. The number of carbonyl (C=O) groups excluding carboxylic acids is 1. The molecule has 0 unspecified atom stereocenters. The Kier molecular flexibility index (Phi) is 4.51. The van der Waals surface area contributed by atoms with Gasteiger partial charge < -0.3 is 14.8 Å². The summed E-state index contributed by atoms with van der Waals surface area (Å²) in [6.07, 6.45) is 0. The molecule has 1 amide bonds. The first kappa shape index (κ1) is 15.7. The van der Waals surface area contributed by atoms with Crippen LogP contribution in [0.3, 0.4) is 0 Å². The molecule has 3 aromatic rings. The van der Waals surface area contributed by atoms with Crippen molar-refractivity contribution in [2.24, 2.45) is 0 Å². The average molecular weight is 324 g/mol. The minimum atomic E-state index is -0.386. The first-order valence-electron chi connectivity index (χ1n) is 7.29. The number of rotatable bonds is 5. The zero-order valence-corrected chi connectivity index (χ0v) is 13.3. The Balaban J connectivity index is 1.72. The predicted molar refractivity (Wildman–Crippen MR) is 88.0 cm³/mol. The van der Waals surface area contributed by atoms with E-state index in [4.69, 9.17) is 9.47 Å². The normalized spacial score (nSPS) is 10.4. The summed E-state index contributed by atoms with van der Waals surface area (Å²) in [5.74, 6) is 1.04. The fraction of sp³-hybridized carbons (Fsp3) is 0.176. The maximum atomic E-state index is 12.2. The summed E-state index contributed by atoms with van der Waals surface area (Å²) in [5.41, 5.74) is 2.10. The summed E-state index contributed by atoms with van der Waals surface area (Å²) in [7, 11) is 3.17. The number of carbonyl (C=O) groups is 1. The van der Waals surface area contributed by atoms with Crippen molar-refractivity contribution in [2.75, 3.05) is 14.2 Å². The van der Waals surface area contributed by atoms with Gasteiger partial charge in [0.15, 0.2) is 0 Å². The number of nitrogens with zero attached hydrogens (tertiary/aromatic N) is 3. The lowest BCUT2D eigenvalue weighted by molar-refractivity contribution is 0.0939. The molecule has 0 spiro atoms. The van der Waals surface area contributed by atoms with Gasteiger partial charge in [-0.15, -0.1) is 10.2 Å². The number of benzene rings is 2. The zero-order valence-electron chi connectivity index (χ0n) is 13.3. The highest BCUT2D eigenvalue weighted by Gasteiger charge is 2.11. The monoisotopic (exact) mass is 324 g/mol. The second kappa shape index (κ2) is 6.91. The van der Waals surface area contributed by atoms with Crippen LogP contribution >= 0.6 is 0 Å². The van der Waals surface area contributed by atoms with Crippen LogP contribution in [0.2, 0.25) is 0 Å². The number of ether oxygens (including phenoxy) is 2. The van der Waals surface area contributed by atoms with Gasteiger partial charge in [-0.25, -0.2) is 4.98 Å². The van der Waals surface area contributed by atoms with Crippen molar-refractivity contribution in [3.05, 3.63) is 53.9 Å². The minimum absolute atomic E-state index is 0.0178. The van der Waals surface area contributed by atoms with Crippen molar-refractivity contribution in [1.82, 2.24) is 20.5 Å². The van der Waals surface area contributed by atoms with E-state index in [0.29, 0.717) is 23.3 Å². The highest BCUT2D eigenvalue weighted by atomic mass is 16.5. The van der Waals surface area contributed by atoms with Crippen LogP contribution in [0.4, 0.5) is 0 Å². The van der Waals surface area contributed by atoms with Crippen LogP contribution in [-0.4, -0.2) is 35.3 Å². The third kappa shape index (κ3) is 3.40. The van der Waals surface area contributed by atoms with Gasteiger partial charge in [0, 0.05) is 12.6 Å². The van der Waals surface area contributed by atoms with Crippen LogP contribution in [0.5, 0.6) is 11.5 Å². The molecule has 1 N–H and O–H groups in total. The van der Waals surface area contributed by atoms with Gasteiger partial charge in [0.05, 0.1) is 19.7 Å². The van der Waals surface area contributed by atoms with E-state index in [-0.39, 0.29) is 11.7 Å². The van der Waals surface area contributed by atoms with Crippen LogP contribution in [0.15, 0.2) is 42.5 Å². The Labute approximate surface area is 138 Å². The van der Waals surface area contributed by atoms with E-state index in [1.165, 1.54) is 0 Å². The molecule has 0 radical (unpaired) electrons. The fourth-order valence-corrected chi connectivity index (χ4v) is 2.14. The van der Waals surface area contributed by atoms with Gasteiger partial charge in [-0.2, -0.15) is 0 Å². The molecule has 0 fully saturated rings. The molecule has 0 aliphatic rings. The lowest BCUT2D eigenvalue weighted by Crippen LogP contribution is -2.25. The summed E-state index contributed by atoms with van der Waals surface area (Å²) in [6.45, 7) is 0.363. The van der Waals surface area contributed by atoms with E-state index in [1.807, 2.05) is 24.3 Å². The van der Waals surface area contributed by atoms with E-state index >= 15 is 0 Å². The van der Waals surface area contributed by atoms with Gasteiger partial charge in [0.25, 0.3) is 5.91 Å². The van der Waals surface area contributed by atoms with Gasteiger partial charge in [-0.3, -0.25) is 4.79 Å². The Morgan fingerprint density at radius 2 is 1.67 bits per heavy atom. The summed E-state index contributed by atoms with van der Waals surface area (Å²) >= 11 is 0. The molecule has 122 valence electrons. The van der Waals surface area contributed by atoms with Crippen molar-refractivity contribution >= 4 is 16.9 Å². The molecule has 0 saturated carbocycles. The van der Waals surface area contributed by atoms with Gasteiger partial charge in [0.1, 0.15) is 17.0 Å². The van der Waals surface area contributed by atoms with Crippen molar-refractivity contribution in [1.29, 1.82) is 0 Å². The van der Waals surface area contributed by atoms with Gasteiger partial charge in [-0.05, 0) is 29.8 Å². The summed E-state index contributed by atoms with van der Waals surface area (Å²) in [5, 5.41) is 10.6. The molecule has 0 saturated heterocycles. The number of amides is 1. The predicted octanol–water partition coefficient (Wildman–Crippen LogP) is 1.97. The second-order valence-corrected chi connectivity index (χ2v) is 5.02. The standard InChI is InChI=1S/C17H16N4O3/c1-23-12-5-3-11(4-6-12)10-18-17(22)16-19-15-9-13(24-2)7-8-14(15)20-21-16/h3-9H,10H2,1-2H3,(H,18,22). The molecule has 1 aromatic heterocycles. The molecule has 7 nitrogen and oxygen atoms in total. The first-order chi connectivity index (χ1) is 11.7. The maximum absolute atomic E-state index is 12.2. The van der Waals surface area contributed by atoms with E-state index in [0.717, 1.165) is 11.3 Å². The summed E-state index contributed by atoms with van der Waals surface area (Å²) in [4.78, 5) is 16.4.